The highest BCUT2D eigenvalue weighted by Gasteiger charge is 2.33. The normalized spacial score (nSPS) is 12.8. The Balaban J connectivity index is 0.00000289. The molecule has 18 heavy (non-hydrogen) atoms. The molecule has 2 N–H and O–H groups in total. The van der Waals surface area contributed by atoms with E-state index in [1.807, 2.05) is 6.92 Å². The monoisotopic (exact) mass is 299 g/mol. The summed E-state index contributed by atoms with van der Waals surface area (Å²) in [5.74, 6) is 0. The molecule has 0 aliphatic rings. The zero-order chi connectivity index (χ0) is 13.2. The first-order valence-corrected chi connectivity index (χ1v) is 5.36. The van der Waals surface area contributed by atoms with E-state index in [1.165, 1.54) is 12.1 Å². The van der Waals surface area contributed by atoms with Crippen LogP contribution in [0.4, 0.5) is 13.2 Å². The Kier molecular flexibility index (Phi) is 6.20. The van der Waals surface area contributed by atoms with Crippen LogP contribution in [0.25, 0.3) is 0 Å². The van der Waals surface area contributed by atoms with Crippen molar-refractivity contribution in [3.05, 3.63) is 46.5 Å². The maximum atomic E-state index is 12.5. The van der Waals surface area contributed by atoms with Gasteiger partial charge in [-0.1, -0.05) is 23.2 Å². The molecule has 0 radical (unpaired) electrons. The lowest BCUT2D eigenvalue weighted by molar-refractivity contribution is -0.137. The van der Waals surface area contributed by atoms with Crippen LogP contribution in [0.3, 0.4) is 0 Å². The molecule has 0 aliphatic carbocycles. The molecule has 1 aromatic carbocycles. The summed E-state index contributed by atoms with van der Waals surface area (Å²) in [5, 5.41) is -0.327. The third kappa shape index (κ3) is 4.52. The third-order valence-corrected chi connectivity index (χ3v) is 2.61. The molecule has 1 atom stereocenters. The van der Waals surface area contributed by atoms with Gasteiger partial charge in [0.1, 0.15) is 0 Å². The van der Waals surface area contributed by atoms with Crippen LogP contribution in [-0.2, 0) is 6.18 Å². The second-order valence-corrected chi connectivity index (χ2v) is 4.41. The largest absolute Gasteiger partial charge is 0.417 e. The van der Waals surface area contributed by atoms with Gasteiger partial charge in [-0.3, -0.25) is 0 Å². The van der Waals surface area contributed by atoms with E-state index < -0.39 is 11.7 Å². The summed E-state index contributed by atoms with van der Waals surface area (Å²) in [4.78, 5) is 0. The van der Waals surface area contributed by atoms with Crippen molar-refractivity contribution in [2.24, 2.45) is 5.73 Å². The van der Waals surface area contributed by atoms with Crippen LogP contribution < -0.4 is 5.73 Å². The van der Waals surface area contributed by atoms with E-state index in [-0.39, 0.29) is 23.5 Å². The van der Waals surface area contributed by atoms with Crippen LogP contribution in [0, 0.1) is 0 Å². The molecule has 1 aromatic rings. The van der Waals surface area contributed by atoms with Crippen molar-refractivity contribution in [2.45, 2.75) is 25.6 Å². The summed E-state index contributed by atoms with van der Waals surface area (Å²) >= 11 is 5.60. The van der Waals surface area contributed by atoms with Gasteiger partial charge in [0, 0.05) is 6.04 Å². The smallest absolute Gasteiger partial charge is 0.324 e. The fourth-order valence-corrected chi connectivity index (χ4v) is 1.78. The lowest BCUT2D eigenvalue weighted by atomic mass is 10.00. The molecule has 0 spiro atoms. The Hall–Kier alpha value is -0.710. The number of hydrogen-bond acceptors (Lipinski definition) is 1. The van der Waals surface area contributed by atoms with Gasteiger partial charge in [-0.05, 0) is 31.0 Å². The van der Waals surface area contributed by atoms with Crippen LogP contribution in [0.1, 0.15) is 30.5 Å². The SMILES string of the molecule is C=C(C)C[C@H](N)c1ccc(C(F)(F)F)c(Cl)c1.Cl. The van der Waals surface area contributed by atoms with E-state index in [0.29, 0.717) is 12.0 Å². The van der Waals surface area contributed by atoms with Gasteiger partial charge < -0.3 is 5.73 Å². The van der Waals surface area contributed by atoms with Crippen molar-refractivity contribution < 1.29 is 13.2 Å². The number of alkyl halides is 3. The number of halogens is 5. The van der Waals surface area contributed by atoms with Gasteiger partial charge in [-0.15, -0.1) is 19.0 Å². The first-order chi connectivity index (χ1) is 7.71. The molecule has 0 saturated carbocycles. The van der Waals surface area contributed by atoms with E-state index >= 15 is 0 Å². The second kappa shape index (κ2) is 6.45. The van der Waals surface area contributed by atoms with E-state index in [9.17, 15) is 13.2 Å². The molecule has 0 amide bonds. The molecule has 1 nitrogen and oxygen atoms in total. The van der Waals surface area contributed by atoms with Crippen LogP contribution in [-0.4, -0.2) is 0 Å². The average Bonchev–Trinajstić information content (AvgIpc) is 2.14. The van der Waals surface area contributed by atoms with Gasteiger partial charge in [0.25, 0.3) is 0 Å². The molecular weight excluding hydrogens is 286 g/mol. The van der Waals surface area contributed by atoms with Crippen LogP contribution in [0.15, 0.2) is 30.4 Å². The maximum Gasteiger partial charge on any atom is 0.417 e. The van der Waals surface area contributed by atoms with Crippen molar-refractivity contribution in [3.8, 4) is 0 Å². The molecule has 0 aromatic heterocycles. The summed E-state index contributed by atoms with van der Waals surface area (Å²) < 4.78 is 37.4. The summed E-state index contributed by atoms with van der Waals surface area (Å²) in [6.07, 6.45) is -3.92. The minimum Gasteiger partial charge on any atom is -0.324 e. The van der Waals surface area contributed by atoms with E-state index in [0.717, 1.165) is 11.6 Å². The van der Waals surface area contributed by atoms with Gasteiger partial charge >= 0.3 is 6.18 Å². The first kappa shape index (κ1) is 17.3. The topological polar surface area (TPSA) is 26.0 Å². The van der Waals surface area contributed by atoms with Gasteiger partial charge in [-0.2, -0.15) is 13.2 Å². The predicted octanol–water partition coefficient (Wildman–Crippen LogP) is 4.75. The molecule has 0 unspecified atom stereocenters. The van der Waals surface area contributed by atoms with Gasteiger partial charge in [-0.25, -0.2) is 0 Å². The highest BCUT2D eigenvalue weighted by Crippen LogP contribution is 2.36. The van der Waals surface area contributed by atoms with Crippen LogP contribution >= 0.6 is 24.0 Å². The van der Waals surface area contributed by atoms with Gasteiger partial charge in [0.2, 0.25) is 0 Å². The van der Waals surface area contributed by atoms with E-state index in [1.54, 1.807) is 0 Å². The zero-order valence-corrected chi connectivity index (χ0v) is 11.3. The van der Waals surface area contributed by atoms with Crippen LogP contribution in [0.2, 0.25) is 5.02 Å². The van der Waals surface area contributed by atoms with E-state index in [4.69, 9.17) is 17.3 Å². The fourth-order valence-electron chi connectivity index (χ4n) is 1.49. The van der Waals surface area contributed by atoms with E-state index in [2.05, 4.69) is 6.58 Å². The first-order valence-electron chi connectivity index (χ1n) is 4.98. The lowest BCUT2D eigenvalue weighted by Crippen LogP contribution is -2.12. The Bertz CT molecular complexity index is 430. The number of nitrogens with two attached hydrogens (primary N) is 1. The fraction of sp³-hybridized carbons (Fsp3) is 0.333. The maximum absolute atomic E-state index is 12.5. The van der Waals surface area contributed by atoms with Crippen molar-refractivity contribution in [1.29, 1.82) is 0 Å². The molecule has 0 aliphatic heterocycles. The molecule has 0 saturated heterocycles. The Morgan fingerprint density at radius 1 is 1.44 bits per heavy atom. The Morgan fingerprint density at radius 2 is 2.00 bits per heavy atom. The molecule has 6 heteroatoms. The number of benzene rings is 1. The number of rotatable bonds is 3. The zero-order valence-electron chi connectivity index (χ0n) is 9.72. The van der Waals surface area contributed by atoms with Crippen molar-refractivity contribution in [3.63, 3.8) is 0 Å². The predicted molar refractivity (Wildman–Crippen MR) is 70.1 cm³/mol. The van der Waals surface area contributed by atoms with Crippen molar-refractivity contribution in [2.75, 3.05) is 0 Å². The van der Waals surface area contributed by atoms with Crippen LogP contribution in [0.5, 0.6) is 0 Å². The molecule has 102 valence electrons. The summed E-state index contributed by atoms with van der Waals surface area (Å²) in [7, 11) is 0. The molecular formula is C12H14Cl2F3N. The van der Waals surface area contributed by atoms with Gasteiger partial charge in [0.15, 0.2) is 0 Å². The summed E-state index contributed by atoms with van der Waals surface area (Å²) in [5.41, 5.74) is 6.43. The van der Waals surface area contributed by atoms with Crippen molar-refractivity contribution in [1.82, 2.24) is 0 Å². The molecule has 0 bridgehead atoms. The summed E-state index contributed by atoms with van der Waals surface area (Å²) in [6.45, 7) is 5.52. The minimum atomic E-state index is -4.44. The standard InChI is InChI=1S/C12H13ClF3N.ClH/c1-7(2)5-11(17)8-3-4-9(10(13)6-8)12(14,15)16;/h3-4,6,11H,1,5,17H2,2H3;1H/t11-;/m0./s1. The Labute approximate surface area is 115 Å². The van der Waals surface area contributed by atoms with Gasteiger partial charge in [0.05, 0.1) is 10.6 Å². The molecule has 0 heterocycles. The highest BCUT2D eigenvalue weighted by atomic mass is 35.5. The second-order valence-electron chi connectivity index (χ2n) is 4.00. The summed E-state index contributed by atoms with van der Waals surface area (Å²) in [6, 6.07) is 3.18. The lowest BCUT2D eigenvalue weighted by Gasteiger charge is -2.15. The Morgan fingerprint density at radius 3 is 2.39 bits per heavy atom. The average molecular weight is 300 g/mol. The molecule has 0 fully saturated rings. The minimum absolute atomic E-state index is 0. The van der Waals surface area contributed by atoms with Crippen molar-refractivity contribution >= 4 is 24.0 Å². The highest BCUT2D eigenvalue weighted by molar-refractivity contribution is 6.31. The molecule has 1 rings (SSSR count). The third-order valence-electron chi connectivity index (χ3n) is 2.30. The quantitative estimate of drug-likeness (QED) is 0.801. The number of hydrogen-bond donors (Lipinski definition) is 1.